The molecule has 0 radical (unpaired) electrons. The molecule has 2 saturated heterocycles. The maximum atomic E-state index is 12.1. The van der Waals surface area contributed by atoms with Crippen LogP contribution in [0, 0.1) is 0 Å². The van der Waals surface area contributed by atoms with E-state index < -0.39 is 0 Å². The van der Waals surface area contributed by atoms with Gasteiger partial charge < -0.3 is 9.64 Å². The summed E-state index contributed by atoms with van der Waals surface area (Å²) < 4.78 is 5.38. The molecule has 2 fully saturated rings. The van der Waals surface area contributed by atoms with Crippen molar-refractivity contribution in [2.75, 3.05) is 19.8 Å². The van der Waals surface area contributed by atoms with Gasteiger partial charge in [0.25, 0.3) is 0 Å². The number of benzene rings is 1. The Hall–Kier alpha value is -1.39. The Balaban J connectivity index is 1.83. The second-order valence-electron chi connectivity index (χ2n) is 4.84. The summed E-state index contributed by atoms with van der Waals surface area (Å²) in [5, 5.41) is 3.31. The van der Waals surface area contributed by atoms with Crippen molar-refractivity contribution in [1.82, 2.24) is 10.2 Å². The predicted molar refractivity (Wildman–Crippen MR) is 67.9 cm³/mol. The molecule has 0 aromatic heterocycles. The highest BCUT2D eigenvalue weighted by Gasteiger charge is 2.37. The van der Waals surface area contributed by atoms with Crippen molar-refractivity contribution in [2.45, 2.75) is 25.0 Å². The van der Waals surface area contributed by atoms with E-state index in [-0.39, 0.29) is 12.1 Å². The molecular weight excluding hydrogens is 228 g/mol. The summed E-state index contributed by atoms with van der Waals surface area (Å²) in [6.45, 7) is 1.96. The van der Waals surface area contributed by atoms with Crippen LogP contribution in [0.25, 0.3) is 0 Å². The summed E-state index contributed by atoms with van der Waals surface area (Å²) in [6, 6.07) is 10.5. The maximum absolute atomic E-state index is 12.1. The van der Waals surface area contributed by atoms with Gasteiger partial charge >= 0.3 is 0 Å². The lowest BCUT2D eigenvalue weighted by Gasteiger charge is -2.35. The summed E-state index contributed by atoms with van der Waals surface area (Å²) >= 11 is 0. The summed E-state index contributed by atoms with van der Waals surface area (Å²) in [4.78, 5) is 14.1. The van der Waals surface area contributed by atoms with Gasteiger partial charge in [0.2, 0.25) is 5.91 Å². The number of nitrogens with one attached hydrogen (secondary N) is 1. The zero-order valence-electron chi connectivity index (χ0n) is 10.3. The van der Waals surface area contributed by atoms with Crippen molar-refractivity contribution < 1.29 is 9.53 Å². The summed E-state index contributed by atoms with van der Waals surface area (Å²) in [5.74, 6) is 0.204. The van der Waals surface area contributed by atoms with Crippen molar-refractivity contribution in [2.24, 2.45) is 0 Å². The fourth-order valence-corrected chi connectivity index (χ4v) is 2.81. The summed E-state index contributed by atoms with van der Waals surface area (Å²) in [5.41, 5.74) is 1.16. The van der Waals surface area contributed by atoms with E-state index in [1.807, 2.05) is 23.1 Å². The third-order valence-corrected chi connectivity index (χ3v) is 3.71. The molecule has 2 aliphatic rings. The molecule has 1 aromatic rings. The molecule has 96 valence electrons. The first kappa shape index (κ1) is 11.7. The average molecular weight is 246 g/mol. The van der Waals surface area contributed by atoms with E-state index in [9.17, 15) is 4.79 Å². The highest BCUT2D eigenvalue weighted by atomic mass is 16.5. The number of carbonyl (C=O) groups excluding carboxylic acids is 1. The number of nitrogens with zero attached hydrogens (tertiary/aromatic N) is 1. The number of ether oxygens (including phenoxy) is 1. The van der Waals surface area contributed by atoms with E-state index in [0.29, 0.717) is 12.6 Å². The molecule has 0 bridgehead atoms. The molecule has 1 N–H and O–H groups in total. The second kappa shape index (κ2) is 5.08. The average Bonchev–Trinajstić information content (AvgIpc) is 2.83. The maximum Gasteiger partial charge on any atom is 0.238 e. The first-order valence-electron chi connectivity index (χ1n) is 6.53. The van der Waals surface area contributed by atoms with Gasteiger partial charge in [-0.1, -0.05) is 30.3 Å². The summed E-state index contributed by atoms with van der Waals surface area (Å²) in [7, 11) is 0. The molecule has 4 heteroatoms. The number of amides is 1. The molecule has 0 saturated carbocycles. The summed E-state index contributed by atoms with van der Waals surface area (Å²) in [6.07, 6.45) is 1.91. The minimum Gasteiger partial charge on any atom is -0.381 e. The Morgan fingerprint density at radius 2 is 1.89 bits per heavy atom. The van der Waals surface area contributed by atoms with Crippen LogP contribution in [-0.2, 0) is 9.53 Å². The fraction of sp³-hybridized carbons (Fsp3) is 0.500. The molecule has 0 aliphatic carbocycles. The number of hydrogen-bond acceptors (Lipinski definition) is 3. The van der Waals surface area contributed by atoms with Crippen LogP contribution in [0.5, 0.6) is 0 Å². The number of rotatable bonds is 2. The smallest absolute Gasteiger partial charge is 0.238 e. The van der Waals surface area contributed by atoms with Crippen LogP contribution in [0.2, 0.25) is 0 Å². The van der Waals surface area contributed by atoms with Gasteiger partial charge in [0.05, 0.1) is 6.54 Å². The van der Waals surface area contributed by atoms with Crippen molar-refractivity contribution in [3.05, 3.63) is 35.9 Å². The van der Waals surface area contributed by atoms with E-state index in [2.05, 4.69) is 17.4 Å². The number of carbonyl (C=O) groups is 1. The zero-order chi connectivity index (χ0) is 12.4. The lowest BCUT2D eigenvalue weighted by atomic mass is 10.0. The Kier molecular flexibility index (Phi) is 3.30. The molecule has 0 spiro atoms. The van der Waals surface area contributed by atoms with Gasteiger partial charge in [-0.05, 0) is 18.4 Å². The van der Waals surface area contributed by atoms with Gasteiger partial charge in [-0.2, -0.15) is 0 Å². The third kappa shape index (κ3) is 2.13. The lowest BCUT2D eigenvalue weighted by molar-refractivity contribution is -0.132. The van der Waals surface area contributed by atoms with Crippen LogP contribution in [0.4, 0.5) is 0 Å². The monoisotopic (exact) mass is 246 g/mol. The van der Waals surface area contributed by atoms with E-state index in [0.717, 1.165) is 31.6 Å². The minimum atomic E-state index is 0.0294. The van der Waals surface area contributed by atoms with Crippen LogP contribution in [-0.4, -0.2) is 36.6 Å². The van der Waals surface area contributed by atoms with E-state index >= 15 is 0 Å². The molecule has 1 aromatic carbocycles. The van der Waals surface area contributed by atoms with Crippen molar-refractivity contribution in [1.29, 1.82) is 0 Å². The Bertz CT molecular complexity index is 415. The highest BCUT2D eigenvalue weighted by Crippen LogP contribution is 2.28. The van der Waals surface area contributed by atoms with E-state index in [1.54, 1.807) is 0 Å². The largest absolute Gasteiger partial charge is 0.381 e. The van der Waals surface area contributed by atoms with Gasteiger partial charge in [-0.25, -0.2) is 0 Å². The third-order valence-electron chi connectivity index (χ3n) is 3.71. The van der Waals surface area contributed by atoms with Gasteiger partial charge in [0, 0.05) is 19.3 Å². The van der Waals surface area contributed by atoms with Gasteiger partial charge in [0.15, 0.2) is 0 Å². The molecule has 1 atom stereocenters. The predicted octanol–water partition coefficient (Wildman–Crippen LogP) is 1.30. The molecule has 2 heterocycles. The van der Waals surface area contributed by atoms with E-state index in [1.165, 1.54) is 0 Å². The van der Waals surface area contributed by atoms with Crippen LogP contribution < -0.4 is 5.32 Å². The van der Waals surface area contributed by atoms with Crippen molar-refractivity contribution >= 4 is 5.91 Å². The fourth-order valence-electron chi connectivity index (χ4n) is 2.81. The molecule has 1 amide bonds. The molecule has 18 heavy (non-hydrogen) atoms. The normalized spacial score (nSPS) is 25.7. The Labute approximate surface area is 107 Å². The molecule has 2 aliphatic heterocycles. The lowest BCUT2D eigenvalue weighted by Crippen LogP contribution is -2.42. The SMILES string of the molecule is O=C1CNC(c2ccccc2)N1C1CCOCC1. The first-order valence-corrected chi connectivity index (χ1v) is 6.53. The van der Waals surface area contributed by atoms with Crippen molar-refractivity contribution in [3.8, 4) is 0 Å². The standard InChI is InChI=1S/C14H18N2O2/c17-13-10-15-14(11-4-2-1-3-5-11)16(13)12-6-8-18-9-7-12/h1-5,12,14-15H,6-10H2. The quantitative estimate of drug-likeness (QED) is 0.855. The molecule has 1 unspecified atom stereocenters. The van der Waals surface area contributed by atoms with Crippen LogP contribution in [0.3, 0.4) is 0 Å². The topological polar surface area (TPSA) is 41.6 Å². The Morgan fingerprint density at radius 3 is 2.61 bits per heavy atom. The molecule has 4 nitrogen and oxygen atoms in total. The Morgan fingerprint density at radius 1 is 1.17 bits per heavy atom. The second-order valence-corrected chi connectivity index (χ2v) is 4.84. The van der Waals surface area contributed by atoms with Crippen LogP contribution in [0.1, 0.15) is 24.6 Å². The van der Waals surface area contributed by atoms with Gasteiger partial charge in [0.1, 0.15) is 6.17 Å². The number of hydrogen-bond donors (Lipinski definition) is 1. The van der Waals surface area contributed by atoms with Crippen molar-refractivity contribution in [3.63, 3.8) is 0 Å². The minimum absolute atomic E-state index is 0.0294. The van der Waals surface area contributed by atoms with Crippen LogP contribution >= 0.6 is 0 Å². The van der Waals surface area contributed by atoms with Gasteiger partial charge in [-0.3, -0.25) is 10.1 Å². The molecular formula is C14H18N2O2. The first-order chi connectivity index (χ1) is 8.86. The van der Waals surface area contributed by atoms with E-state index in [4.69, 9.17) is 4.74 Å². The van der Waals surface area contributed by atoms with Crippen LogP contribution in [0.15, 0.2) is 30.3 Å². The van der Waals surface area contributed by atoms with Gasteiger partial charge in [-0.15, -0.1) is 0 Å². The highest BCUT2D eigenvalue weighted by molar-refractivity contribution is 5.81. The molecule has 3 rings (SSSR count). The zero-order valence-corrected chi connectivity index (χ0v) is 10.3.